The third-order valence-corrected chi connectivity index (χ3v) is 5.89. The Kier molecular flexibility index (Phi) is 5.82. The lowest BCUT2D eigenvalue weighted by atomic mass is 9.95. The molecule has 2 atom stereocenters. The number of carbonyl (C=O) groups excluding carboxylic acids is 1. The average Bonchev–Trinajstić information content (AvgIpc) is 2.53. The summed E-state index contributed by atoms with van der Waals surface area (Å²) in [6, 6.07) is 5.41. The molecule has 0 unspecified atom stereocenters. The molecule has 7 nitrogen and oxygen atoms in total. The van der Waals surface area contributed by atoms with Gasteiger partial charge in [-0.2, -0.15) is 0 Å². The fraction of sp³-hybridized carbons (Fsp3) is 0.500. The first kappa shape index (κ1) is 18.3. The number of urea groups is 1. The van der Waals surface area contributed by atoms with Crippen LogP contribution in [0.1, 0.15) is 41.6 Å². The highest BCUT2D eigenvalue weighted by Crippen LogP contribution is 2.23. The van der Waals surface area contributed by atoms with Gasteiger partial charge in [0, 0.05) is 18.8 Å². The van der Waals surface area contributed by atoms with Crippen molar-refractivity contribution < 1.29 is 23.1 Å². The second-order valence-corrected chi connectivity index (χ2v) is 8.35. The first-order chi connectivity index (χ1) is 11.3. The maximum absolute atomic E-state index is 12.0. The Balaban J connectivity index is 1.89. The van der Waals surface area contributed by atoms with E-state index in [9.17, 15) is 18.0 Å². The highest BCUT2D eigenvalue weighted by atomic mass is 32.2. The minimum absolute atomic E-state index is 0.182. The molecule has 1 aromatic rings. The first-order valence-corrected chi connectivity index (χ1v) is 9.78. The number of carboxylic acid groups (broad SMARTS) is 1. The summed E-state index contributed by atoms with van der Waals surface area (Å²) in [6.45, 7) is 0.238. The number of hydrogen-bond donors (Lipinski definition) is 3. The van der Waals surface area contributed by atoms with E-state index in [-0.39, 0.29) is 18.2 Å². The van der Waals surface area contributed by atoms with Crippen molar-refractivity contribution in [1.82, 2.24) is 10.6 Å². The minimum Gasteiger partial charge on any atom is -0.478 e. The van der Waals surface area contributed by atoms with Gasteiger partial charge in [0.25, 0.3) is 0 Å². The van der Waals surface area contributed by atoms with Crippen LogP contribution in [0, 0.1) is 0 Å². The molecule has 1 fully saturated rings. The summed E-state index contributed by atoms with van der Waals surface area (Å²) in [6.07, 6.45) is 4.18. The van der Waals surface area contributed by atoms with Crippen LogP contribution in [0.4, 0.5) is 4.79 Å². The summed E-state index contributed by atoms with van der Waals surface area (Å²) in [5.74, 6) is -1.00. The van der Waals surface area contributed by atoms with Crippen molar-refractivity contribution in [2.24, 2.45) is 0 Å². The zero-order chi connectivity index (χ0) is 17.7. The predicted octanol–water partition coefficient (Wildman–Crippen LogP) is 1.54. The summed E-state index contributed by atoms with van der Waals surface area (Å²) in [7, 11) is -3.20. The lowest BCUT2D eigenvalue weighted by Crippen LogP contribution is -2.51. The molecule has 8 heteroatoms. The maximum atomic E-state index is 12.0. The number of sulfone groups is 1. The average molecular weight is 354 g/mol. The molecule has 0 bridgehead atoms. The topological polar surface area (TPSA) is 113 Å². The van der Waals surface area contributed by atoms with Crippen molar-refractivity contribution in [2.75, 3.05) is 6.26 Å². The highest BCUT2D eigenvalue weighted by Gasteiger charge is 2.33. The second-order valence-electron chi connectivity index (χ2n) is 6.09. The van der Waals surface area contributed by atoms with E-state index in [0.717, 1.165) is 18.4 Å². The van der Waals surface area contributed by atoms with Gasteiger partial charge in [-0.25, -0.2) is 18.0 Å². The number of carbonyl (C=O) groups is 2. The molecule has 0 aliphatic heterocycles. The van der Waals surface area contributed by atoms with Gasteiger partial charge in [-0.1, -0.05) is 25.0 Å². The number of nitrogens with one attached hydrogen (secondary N) is 2. The largest absolute Gasteiger partial charge is 0.478 e. The molecule has 0 radical (unpaired) electrons. The van der Waals surface area contributed by atoms with Gasteiger partial charge in [0.15, 0.2) is 9.84 Å². The standard InChI is InChI=1S/C16H22N2O5S/c1-24(22,23)14-5-3-2-4-13(14)18-16(21)17-10-11-6-8-12(9-7-11)15(19)20/h6-9,13-14H,2-5,10H2,1H3,(H,19,20)(H2,17,18,21)/t13-,14-/m1/s1. The quantitative estimate of drug-likeness (QED) is 0.742. The van der Waals surface area contributed by atoms with Gasteiger partial charge in [-0.3, -0.25) is 0 Å². The van der Waals surface area contributed by atoms with Crippen LogP contribution in [-0.4, -0.2) is 43.1 Å². The zero-order valence-corrected chi connectivity index (χ0v) is 14.3. The third-order valence-electron chi connectivity index (χ3n) is 4.22. The van der Waals surface area contributed by atoms with Crippen LogP contribution < -0.4 is 10.6 Å². The monoisotopic (exact) mass is 354 g/mol. The van der Waals surface area contributed by atoms with Gasteiger partial charge in [0.1, 0.15) is 0 Å². The molecular weight excluding hydrogens is 332 g/mol. The van der Waals surface area contributed by atoms with E-state index in [1.807, 2.05) is 0 Å². The molecule has 2 rings (SSSR count). The molecule has 0 aromatic heterocycles. The Hall–Kier alpha value is -2.09. The molecule has 0 heterocycles. The van der Waals surface area contributed by atoms with Crippen LogP contribution in [0.25, 0.3) is 0 Å². The Labute approximate surface area is 141 Å². The number of amides is 2. The summed E-state index contributed by atoms with van der Waals surface area (Å²) < 4.78 is 23.6. The van der Waals surface area contributed by atoms with Gasteiger partial charge in [-0.05, 0) is 30.5 Å². The van der Waals surface area contributed by atoms with E-state index in [0.29, 0.717) is 12.8 Å². The molecule has 1 aliphatic rings. The summed E-state index contributed by atoms with van der Waals surface area (Å²) in [4.78, 5) is 22.8. The van der Waals surface area contributed by atoms with Gasteiger partial charge in [-0.15, -0.1) is 0 Å². The Morgan fingerprint density at radius 3 is 2.38 bits per heavy atom. The third kappa shape index (κ3) is 4.95. The first-order valence-electron chi connectivity index (χ1n) is 7.83. The van der Waals surface area contributed by atoms with Crippen LogP contribution in [-0.2, 0) is 16.4 Å². The number of rotatable bonds is 5. The number of carboxylic acids is 1. The smallest absolute Gasteiger partial charge is 0.335 e. The predicted molar refractivity (Wildman–Crippen MR) is 89.7 cm³/mol. The lowest BCUT2D eigenvalue weighted by Gasteiger charge is -2.30. The normalized spacial score (nSPS) is 21.0. The zero-order valence-electron chi connectivity index (χ0n) is 13.5. The Morgan fingerprint density at radius 2 is 1.79 bits per heavy atom. The fourth-order valence-corrected chi connectivity index (χ4v) is 4.34. The molecule has 3 N–H and O–H groups in total. The van der Waals surface area contributed by atoms with Crippen LogP contribution in [0.2, 0.25) is 0 Å². The minimum atomic E-state index is -3.20. The van der Waals surface area contributed by atoms with Crippen molar-refractivity contribution in [3.8, 4) is 0 Å². The summed E-state index contributed by atoms with van der Waals surface area (Å²) >= 11 is 0. The van der Waals surface area contributed by atoms with Gasteiger partial charge in [0.05, 0.1) is 10.8 Å². The molecule has 0 saturated heterocycles. The van der Waals surface area contributed by atoms with E-state index < -0.39 is 27.1 Å². The Morgan fingerprint density at radius 1 is 1.17 bits per heavy atom. The molecule has 0 spiro atoms. The van der Waals surface area contributed by atoms with Crippen LogP contribution >= 0.6 is 0 Å². The fourth-order valence-electron chi connectivity index (χ4n) is 2.94. The van der Waals surface area contributed by atoms with Crippen molar-refractivity contribution in [3.63, 3.8) is 0 Å². The molecule has 1 aromatic carbocycles. The highest BCUT2D eigenvalue weighted by molar-refractivity contribution is 7.91. The maximum Gasteiger partial charge on any atom is 0.335 e. The van der Waals surface area contributed by atoms with Crippen LogP contribution in [0.15, 0.2) is 24.3 Å². The van der Waals surface area contributed by atoms with Gasteiger partial charge < -0.3 is 15.7 Å². The molecule has 132 valence electrons. The summed E-state index contributed by atoms with van der Waals surface area (Å²) in [5.41, 5.74) is 0.944. The van der Waals surface area contributed by atoms with Crippen LogP contribution in [0.5, 0.6) is 0 Å². The van der Waals surface area contributed by atoms with E-state index >= 15 is 0 Å². The number of benzene rings is 1. The van der Waals surface area contributed by atoms with Crippen LogP contribution in [0.3, 0.4) is 0 Å². The van der Waals surface area contributed by atoms with Gasteiger partial charge in [0.2, 0.25) is 0 Å². The van der Waals surface area contributed by atoms with E-state index in [1.165, 1.54) is 18.4 Å². The van der Waals surface area contributed by atoms with E-state index in [2.05, 4.69) is 10.6 Å². The van der Waals surface area contributed by atoms with Crippen molar-refractivity contribution in [1.29, 1.82) is 0 Å². The van der Waals surface area contributed by atoms with Crippen molar-refractivity contribution in [2.45, 2.75) is 43.5 Å². The van der Waals surface area contributed by atoms with E-state index in [4.69, 9.17) is 5.11 Å². The number of hydrogen-bond acceptors (Lipinski definition) is 4. The van der Waals surface area contributed by atoms with Gasteiger partial charge >= 0.3 is 12.0 Å². The van der Waals surface area contributed by atoms with Crippen molar-refractivity contribution in [3.05, 3.63) is 35.4 Å². The molecular formula is C16H22N2O5S. The lowest BCUT2D eigenvalue weighted by molar-refractivity contribution is 0.0697. The SMILES string of the molecule is CS(=O)(=O)[C@@H]1CCCC[C@H]1NC(=O)NCc1ccc(C(=O)O)cc1. The molecule has 24 heavy (non-hydrogen) atoms. The van der Waals surface area contributed by atoms with E-state index in [1.54, 1.807) is 12.1 Å². The van der Waals surface area contributed by atoms with Crippen molar-refractivity contribution >= 4 is 21.8 Å². The molecule has 2 amide bonds. The Bertz CT molecular complexity index is 700. The summed E-state index contributed by atoms with van der Waals surface area (Å²) in [5, 5.41) is 13.7. The molecule has 1 saturated carbocycles. The second kappa shape index (κ2) is 7.65. The molecule has 1 aliphatic carbocycles. The number of aromatic carboxylic acids is 1.